The summed E-state index contributed by atoms with van der Waals surface area (Å²) in [5.41, 5.74) is 0.467. The highest BCUT2D eigenvalue weighted by molar-refractivity contribution is 7.91. The molecule has 1 aromatic rings. The van der Waals surface area contributed by atoms with Gasteiger partial charge in [-0.05, 0) is 13.0 Å². The molecule has 3 atom stereocenters. The predicted octanol–water partition coefficient (Wildman–Crippen LogP) is 0.634. The Hall–Kier alpha value is -0.980. The van der Waals surface area contributed by atoms with E-state index in [0.717, 1.165) is 0 Å². The second kappa shape index (κ2) is 4.95. The van der Waals surface area contributed by atoms with Gasteiger partial charge in [0.25, 0.3) is 0 Å². The number of benzene rings is 1. The van der Waals surface area contributed by atoms with Crippen LogP contribution in [0.15, 0.2) is 24.3 Å². The lowest BCUT2D eigenvalue weighted by Crippen LogP contribution is -2.40. The van der Waals surface area contributed by atoms with Gasteiger partial charge in [0.15, 0.2) is 9.84 Å². The second-order valence-corrected chi connectivity index (χ2v) is 6.81. The van der Waals surface area contributed by atoms with Crippen molar-refractivity contribution >= 4 is 9.84 Å². The van der Waals surface area contributed by atoms with E-state index in [-0.39, 0.29) is 23.4 Å². The van der Waals surface area contributed by atoms with Crippen LogP contribution in [0.3, 0.4) is 0 Å². The van der Waals surface area contributed by atoms with E-state index in [1.54, 1.807) is 25.1 Å². The van der Waals surface area contributed by atoms with Crippen molar-refractivity contribution in [1.29, 1.82) is 0 Å². The van der Waals surface area contributed by atoms with Gasteiger partial charge in [-0.2, -0.15) is 0 Å². The molecule has 1 aromatic carbocycles. The number of aliphatic hydroxyl groups excluding tert-OH is 1. The van der Waals surface area contributed by atoms with Crippen LogP contribution in [-0.4, -0.2) is 37.2 Å². The number of nitrogens with one attached hydrogen (secondary N) is 1. The first-order valence-corrected chi connectivity index (χ1v) is 7.60. The van der Waals surface area contributed by atoms with E-state index in [4.69, 9.17) is 0 Å². The number of aliphatic hydroxyl groups is 1. The minimum atomic E-state index is -3.19. The summed E-state index contributed by atoms with van der Waals surface area (Å²) in [6.07, 6.45) is -0.927. The molecule has 2 rings (SSSR count). The minimum Gasteiger partial charge on any atom is -0.390 e. The molecule has 3 unspecified atom stereocenters. The second-order valence-electron chi connectivity index (χ2n) is 4.66. The molecule has 0 amide bonds. The summed E-state index contributed by atoms with van der Waals surface area (Å²) in [6.45, 7) is 1.75. The van der Waals surface area contributed by atoms with Crippen molar-refractivity contribution in [2.24, 2.45) is 0 Å². The summed E-state index contributed by atoms with van der Waals surface area (Å²) in [4.78, 5) is 0. The Morgan fingerprint density at radius 2 is 2.06 bits per heavy atom. The minimum absolute atomic E-state index is 0.104. The standard InChI is InChI=1S/C12H16FNO3S/c1-8(9-4-2-3-5-10(9)13)14-11-6-18(16,17)7-12(11)15/h2-5,8,11-12,14-15H,6-7H2,1H3. The van der Waals surface area contributed by atoms with Crippen LogP contribution in [0, 0.1) is 5.82 Å². The van der Waals surface area contributed by atoms with E-state index in [1.807, 2.05) is 0 Å². The molecular weight excluding hydrogens is 257 g/mol. The lowest BCUT2D eigenvalue weighted by molar-refractivity contribution is 0.160. The summed E-state index contributed by atoms with van der Waals surface area (Å²) < 4.78 is 36.3. The van der Waals surface area contributed by atoms with E-state index >= 15 is 0 Å². The van der Waals surface area contributed by atoms with Crippen LogP contribution in [0.1, 0.15) is 18.5 Å². The molecule has 0 radical (unpaired) electrons. The van der Waals surface area contributed by atoms with E-state index in [1.165, 1.54) is 6.07 Å². The lowest BCUT2D eigenvalue weighted by Gasteiger charge is -2.21. The van der Waals surface area contributed by atoms with Gasteiger partial charge < -0.3 is 10.4 Å². The zero-order chi connectivity index (χ0) is 13.3. The number of hydrogen-bond acceptors (Lipinski definition) is 4. The first kappa shape index (κ1) is 13.5. The fourth-order valence-electron chi connectivity index (χ4n) is 2.23. The highest BCUT2D eigenvalue weighted by Crippen LogP contribution is 2.20. The zero-order valence-corrected chi connectivity index (χ0v) is 10.8. The first-order valence-electron chi connectivity index (χ1n) is 5.78. The monoisotopic (exact) mass is 273 g/mol. The predicted molar refractivity (Wildman–Crippen MR) is 66.4 cm³/mol. The quantitative estimate of drug-likeness (QED) is 0.848. The fraction of sp³-hybridized carbons (Fsp3) is 0.500. The Morgan fingerprint density at radius 1 is 1.39 bits per heavy atom. The highest BCUT2D eigenvalue weighted by atomic mass is 32.2. The van der Waals surface area contributed by atoms with E-state index in [0.29, 0.717) is 5.56 Å². The Labute approximate surface area is 106 Å². The average molecular weight is 273 g/mol. The van der Waals surface area contributed by atoms with Gasteiger partial charge in [-0.1, -0.05) is 18.2 Å². The summed E-state index contributed by atoms with van der Waals surface area (Å²) >= 11 is 0. The van der Waals surface area contributed by atoms with E-state index in [2.05, 4.69) is 5.32 Å². The molecule has 0 saturated carbocycles. The third kappa shape index (κ3) is 2.88. The van der Waals surface area contributed by atoms with Crippen molar-refractivity contribution in [3.8, 4) is 0 Å². The zero-order valence-electron chi connectivity index (χ0n) is 10.0. The van der Waals surface area contributed by atoms with Crippen molar-refractivity contribution in [2.45, 2.75) is 25.1 Å². The van der Waals surface area contributed by atoms with Crippen LogP contribution < -0.4 is 5.32 Å². The van der Waals surface area contributed by atoms with Crippen LogP contribution in [0.25, 0.3) is 0 Å². The molecule has 1 fully saturated rings. The molecule has 0 bridgehead atoms. The number of hydrogen-bond donors (Lipinski definition) is 2. The van der Waals surface area contributed by atoms with Crippen LogP contribution >= 0.6 is 0 Å². The highest BCUT2D eigenvalue weighted by Gasteiger charge is 2.37. The van der Waals surface area contributed by atoms with Crippen LogP contribution in [-0.2, 0) is 9.84 Å². The first-order chi connectivity index (χ1) is 8.39. The number of halogens is 1. The maximum Gasteiger partial charge on any atom is 0.154 e. The summed E-state index contributed by atoms with van der Waals surface area (Å²) in [5, 5.41) is 12.6. The molecule has 1 aliphatic rings. The average Bonchev–Trinajstić information content (AvgIpc) is 2.52. The summed E-state index contributed by atoms with van der Waals surface area (Å²) in [6, 6.07) is 5.43. The maximum atomic E-state index is 13.5. The van der Waals surface area contributed by atoms with Crippen molar-refractivity contribution in [1.82, 2.24) is 5.32 Å². The largest absolute Gasteiger partial charge is 0.390 e. The smallest absolute Gasteiger partial charge is 0.154 e. The Bertz CT molecular complexity index is 532. The molecule has 0 aliphatic carbocycles. The van der Waals surface area contributed by atoms with Crippen molar-refractivity contribution in [2.75, 3.05) is 11.5 Å². The van der Waals surface area contributed by atoms with Gasteiger partial charge in [0, 0.05) is 17.6 Å². The van der Waals surface area contributed by atoms with Gasteiger partial charge >= 0.3 is 0 Å². The molecule has 1 saturated heterocycles. The third-order valence-corrected chi connectivity index (χ3v) is 4.87. The van der Waals surface area contributed by atoms with Crippen molar-refractivity contribution < 1.29 is 17.9 Å². The molecule has 0 aromatic heterocycles. The van der Waals surface area contributed by atoms with Crippen LogP contribution in [0.2, 0.25) is 0 Å². The van der Waals surface area contributed by atoms with E-state index in [9.17, 15) is 17.9 Å². The fourth-order valence-corrected chi connectivity index (χ4v) is 3.98. The third-order valence-electron chi connectivity index (χ3n) is 3.16. The van der Waals surface area contributed by atoms with Gasteiger partial charge in [-0.15, -0.1) is 0 Å². The van der Waals surface area contributed by atoms with Gasteiger partial charge in [0.2, 0.25) is 0 Å². The van der Waals surface area contributed by atoms with Crippen LogP contribution in [0.5, 0.6) is 0 Å². The molecule has 6 heteroatoms. The topological polar surface area (TPSA) is 66.4 Å². The Kier molecular flexibility index (Phi) is 3.70. The molecule has 18 heavy (non-hydrogen) atoms. The van der Waals surface area contributed by atoms with Gasteiger partial charge in [0.05, 0.1) is 17.6 Å². The molecule has 4 nitrogen and oxygen atoms in total. The molecule has 2 N–H and O–H groups in total. The molecule has 0 spiro atoms. The normalized spacial score (nSPS) is 28.2. The Morgan fingerprint density at radius 3 is 2.61 bits per heavy atom. The van der Waals surface area contributed by atoms with Gasteiger partial charge in [-0.3, -0.25) is 0 Å². The summed E-state index contributed by atoms with van der Waals surface area (Å²) in [7, 11) is -3.19. The number of sulfone groups is 1. The molecule has 1 heterocycles. The van der Waals surface area contributed by atoms with Gasteiger partial charge in [-0.25, -0.2) is 12.8 Å². The molecule has 100 valence electrons. The van der Waals surface area contributed by atoms with Gasteiger partial charge in [0.1, 0.15) is 5.82 Å². The molecule has 1 aliphatic heterocycles. The maximum absolute atomic E-state index is 13.5. The summed E-state index contributed by atoms with van der Waals surface area (Å²) in [5.74, 6) is -0.672. The van der Waals surface area contributed by atoms with Crippen molar-refractivity contribution in [3.05, 3.63) is 35.6 Å². The lowest BCUT2D eigenvalue weighted by atomic mass is 10.1. The van der Waals surface area contributed by atoms with E-state index < -0.39 is 22.0 Å². The van der Waals surface area contributed by atoms with Crippen molar-refractivity contribution in [3.63, 3.8) is 0 Å². The number of rotatable bonds is 3. The molecular formula is C12H16FNO3S. The Balaban J connectivity index is 2.09. The van der Waals surface area contributed by atoms with Crippen LogP contribution in [0.4, 0.5) is 4.39 Å². The SMILES string of the molecule is CC(NC1CS(=O)(=O)CC1O)c1ccccc1F.